The maximum atomic E-state index is 13.4. The van der Waals surface area contributed by atoms with Crippen molar-refractivity contribution in [3.63, 3.8) is 0 Å². The van der Waals surface area contributed by atoms with Crippen LogP contribution in [0.3, 0.4) is 0 Å². The lowest BCUT2D eigenvalue weighted by Gasteiger charge is -2.29. The quantitative estimate of drug-likeness (QED) is 0.279. The van der Waals surface area contributed by atoms with E-state index in [2.05, 4.69) is 6.92 Å². The number of methoxy groups -OCH3 is 1. The van der Waals surface area contributed by atoms with Crippen LogP contribution in [0.5, 0.6) is 11.5 Å². The summed E-state index contributed by atoms with van der Waals surface area (Å²) in [4.78, 5) is 15.2. The molecule has 0 fully saturated rings. The molecule has 0 unspecified atom stereocenters. The molecule has 2 aromatic rings. The number of unbranched alkanes of at least 4 members (excludes halogenated alkanes) is 3. The van der Waals surface area contributed by atoms with Gasteiger partial charge in [-0.25, -0.2) is 0 Å². The predicted molar refractivity (Wildman–Crippen MR) is 132 cm³/mol. The summed E-state index contributed by atoms with van der Waals surface area (Å²) in [5, 5.41) is 0. The molecule has 0 aromatic heterocycles. The number of benzene rings is 2. The molecule has 0 spiro atoms. The Morgan fingerprint density at radius 3 is 2.21 bits per heavy atom. The Balaban J connectivity index is 2.21. The first-order valence-corrected chi connectivity index (χ1v) is 13.5. The molecule has 0 heterocycles. The molecule has 182 valence electrons. The number of ether oxygens (including phenoxy) is 1. The molecule has 6 nitrogen and oxygen atoms in total. The largest absolute Gasteiger partial charge is 0.493 e. The predicted octanol–water partition coefficient (Wildman–Crippen LogP) is 5.60. The molecule has 7 heteroatoms. The van der Waals surface area contributed by atoms with Crippen LogP contribution in [0.4, 0.5) is 0 Å². The number of aryl methyl sites for hydroxylation is 1. The summed E-state index contributed by atoms with van der Waals surface area (Å²) in [7, 11) is -2.26. The monoisotopic (exact) mass is 475 g/mol. The van der Waals surface area contributed by atoms with Gasteiger partial charge in [-0.05, 0) is 61.6 Å². The number of rotatable bonds is 13. The van der Waals surface area contributed by atoms with E-state index < -0.39 is 10.1 Å². The highest BCUT2D eigenvalue weighted by molar-refractivity contribution is 7.86. The van der Waals surface area contributed by atoms with E-state index in [4.69, 9.17) is 8.92 Å². The molecular formula is C26H37NO5S. The second-order valence-electron chi connectivity index (χ2n) is 8.47. The number of hydrogen-bond acceptors (Lipinski definition) is 5. The van der Waals surface area contributed by atoms with Gasteiger partial charge in [-0.1, -0.05) is 51.3 Å². The second kappa shape index (κ2) is 12.6. The molecule has 0 N–H and O–H groups in total. The molecule has 1 amide bonds. The average molecular weight is 476 g/mol. The van der Waals surface area contributed by atoms with Crippen LogP contribution in [-0.4, -0.2) is 38.6 Å². The van der Waals surface area contributed by atoms with Gasteiger partial charge in [-0.3, -0.25) is 4.79 Å². The normalized spacial score (nSPS) is 12.3. The Morgan fingerprint density at radius 2 is 1.64 bits per heavy atom. The number of hydrogen-bond donors (Lipinski definition) is 0. The van der Waals surface area contributed by atoms with E-state index in [1.807, 2.05) is 49.1 Å². The maximum absolute atomic E-state index is 13.4. The first-order chi connectivity index (χ1) is 15.7. The molecule has 0 aliphatic rings. The van der Waals surface area contributed by atoms with Crippen molar-refractivity contribution < 1.29 is 22.1 Å². The fraction of sp³-hybridized carbons (Fsp3) is 0.500. The summed E-state index contributed by atoms with van der Waals surface area (Å²) < 4.78 is 33.6. The lowest BCUT2D eigenvalue weighted by molar-refractivity contribution is 0.0671. The van der Waals surface area contributed by atoms with Crippen LogP contribution in [0.2, 0.25) is 0 Å². The van der Waals surface area contributed by atoms with Crippen LogP contribution in [0.1, 0.15) is 74.4 Å². The lowest BCUT2D eigenvalue weighted by Crippen LogP contribution is -2.37. The van der Waals surface area contributed by atoms with Gasteiger partial charge in [0.25, 0.3) is 5.91 Å². The minimum absolute atomic E-state index is 0.00704. The molecule has 0 saturated heterocycles. The zero-order chi connectivity index (χ0) is 24.4. The van der Waals surface area contributed by atoms with Crippen molar-refractivity contribution in [1.82, 2.24) is 4.90 Å². The van der Waals surface area contributed by atoms with Crippen molar-refractivity contribution in [3.8, 4) is 11.5 Å². The minimum atomic E-state index is -3.71. The summed E-state index contributed by atoms with van der Waals surface area (Å²) in [6.45, 7) is 6.58. The number of nitrogens with zero attached hydrogens (tertiary/aromatic N) is 1. The SMILES string of the molecule is CCCCCCc1ccc(C(=O)N(Cc2ccc(OC)c(OS(C)(=O)=O)c2)[C@@H](C)CC)cc1. The topological polar surface area (TPSA) is 72.9 Å². The van der Waals surface area contributed by atoms with Gasteiger partial charge in [0, 0.05) is 18.2 Å². The standard InChI is InChI=1S/C26H37NO5S/c1-6-8-9-10-11-21-12-15-23(16-13-21)26(28)27(20(3)7-2)19-22-14-17-24(31-4)25(18-22)32-33(5,29)30/h12-18,20H,6-11,19H2,1-5H3/t20-/m0/s1. The molecule has 0 aliphatic carbocycles. The molecule has 0 aliphatic heterocycles. The molecule has 0 radical (unpaired) electrons. The van der Waals surface area contributed by atoms with E-state index in [9.17, 15) is 13.2 Å². The zero-order valence-electron chi connectivity index (χ0n) is 20.5. The van der Waals surface area contributed by atoms with Gasteiger partial charge in [-0.2, -0.15) is 8.42 Å². The van der Waals surface area contributed by atoms with Crippen LogP contribution in [0.15, 0.2) is 42.5 Å². The van der Waals surface area contributed by atoms with E-state index in [1.54, 1.807) is 12.1 Å². The van der Waals surface area contributed by atoms with Crippen LogP contribution in [0.25, 0.3) is 0 Å². The fourth-order valence-electron chi connectivity index (χ4n) is 3.63. The van der Waals surface area contributed by atoms with Crippen molar-refractivity contribution >= 4 is 16.0 Å². The number of carbonyl (C=O) groups excluding carboxylic acids is 1. The fourth-order valence-corrected chi connectivity index (χ4v) is 4.08. The first kappa shape index (κ1) is 26.7. The molecule has 1 atom stereocenters. The van der Waals surface area contributed by atoms with Crippen molar-refractivity contribution in [2.24, 2.45) is 0 Å². The Labute approximate surface area is 199 Å². The van der Waals surface area contributed by atoms with Gasteiger partial charge >= 0.3 is 10.1 Å². The maximum Gasteiger partial charge on any atom is 0.306 e. The summed E-state index contributed by atoms with van der Waals surface area (Å²) in [6.07, 6.45) is 7.67. The Kier molecular flexibility index (Phi) is 10.2. The second-order valence-corrected chi connectivity index (χ2v) is 10.0. The first-order valence-electron chi connectivity index (χ1n) is 11.6. The number of amides is 1. The van der Waals surface area contributed by atoms with Crippen LogP contribution < -0.4 is 8.92 Å². The third-order valence-electron chi connectivity index (χ3n) is 5.73. The summed E-state index contributed by atoms with van der Waals surface area (Å²) >= 11 is 0. The third-order valence-corrected chi connectivity index (χ3v) is 6.21. The van der Waals surface area contributed by atoms with Gasteiger partial charge in [0.05, 0.1) is 13.4 Å². The van der Waals surface area contributed by atoms with Crippen molar-refractivity contribution in [2.75, 3.05) is 13.4 Å². The Morgan fingerprint density at radius 1 is 0.970 bits per heavy atom. The highest BCUT2D eigenvalue weighted by Gasteiger charge is 2.22. The Bertz CT molecular complexity index is 1000. The van der Waals surface area contributed by atoms with Gasteiger partial charge in [0.15, 0.2) is 11.5 Å². The molecule has 0 bridgehead atoms. The molecule has 2 rings (SSSR count). The van der Waals surface area contributed by atoms with Crippen molar-refractivity contribution in [1.29, 1.82) is 0 Å². The van der Waals surface area contributed by atoms with E-state index in [-0.39, 0.29) is 17.7 Å². The zero-order valence-corrected chi connectivity index (χ0v) is 21.3. The van der Waals surface area contributed by atoms with E-state index in [1.165, 1.54) is 31.9 Å². The van der Waals surface area contributed by atoms with E-state index in [0.717, 1.165) is 31.1 Å². The van der Waals surface area contributed by atoms with Gasteiger partial charge < -0.3 is 13.8 Å². The highest BCUT2D eigenvalue weighted by Crippen LogP contribution is 2.30. The van der Waals surface area contributed by atoms with E-state index >= 15 is 0 Å². The summed E-state index contributed by atoms with van der Waals surface area (Å²) in [6, 6.07) is 13.0. The Hall–Kier alpha value is -2.54. The summed E-state index contributed by atoms with van der Waals surface area (Å²) in [5.41, 5.74) is 2.65. The smallest absolute Gasteiger partial charge is 0.306 e. The molecule has 2 aromatic carbocycles. The van der Waals surface area contributed by atoms with Crippen molar-refractivity contribution in [3.05, 3.63) is 59.2 Å². The van der Waals surface area contributed by atoms with Crippen LogP contribution in [-0.2, 0) is 23.1 Å². The average Bonchev–Trinajstić information content (AvgIpc) is 2.79. The molecule has 33 heavy (non-hydrogen) atoms. The minimum Gasteiger partial charge on any atom is -0.493 e. The van der Waals surface area contributed by atoms with Gasteiger partial charge in [0.2, 0.25) is 0 Å². The van der Waals surface area contributed by atoms with E-state index in [0.29, 0.717) is 17.9 Å². The van der Waals surface area contributed by atoms with Crippen LogP contribution >= 0.6 is 0 Å². The highest BCUT2D eigenvalue weighted by atomic mass is 32.2. The van der Waals surface area contributed by atoms with Crippen molar-refractivity contribution in [2.45, 2.75) is 71.9 Å². The van der Waals surface area contributed by atoms with Gasteiger partial charge in [-0.15, -0.1) is 0 Å². The molecule has 0 saturated carbocycles. The number of carbonyl (C=O) groups is 1. The molecular weight excluding hydrogens is 438 g/mol. The van der Waals surface area contributed by atoms with Gasteiger partial charge in [0.1, 0.15) is 0 Å². The third kappa shape index (κ3) is 8.39. The summed E-state index contributed by atoms with van der Waals surface area (Å²) in [5.74, 6) is 0.380. The lowest BCUT2D eigenvalue weighted by atomic mass is 10.0. The van der Waals surface area contributed by atoms with Crippen LogP contribution in [0, 0.1) is 0 Å².